The number of amides is 1. The van der Waals surface area contributed by atoms with Crippen LogP contribution in [0.1, 0.15) is 17.5 Å². The van der Waals surface area contributed by atoms with E-state index in [9.17, 15) is 4.79 Å². The standard InChI is InChI=1S/C19H24N2O2/c1-15-7-10-17(11-8-15)23-14-13-21(2)19(22)12-9-16-5-3-4-6-18(16)20/h3-8,10-11H,9,12-14,20H2,1-2H3. The Morgan fingerprint density at radius 2 is 1.83 bits per heavy atom. The van der Waals surface area contributed by atoms with Crippen molar-refractivity contribution >= 4 is 11.6 Å². The second kappa shape index (κ2) is 8.22. The molecule has 0 fully saturated rings. The first-order valence-electron chi connectivity index (χ1n) is 7.83. The van der Waals surface area contributed by atoms with Crippen LogP contribution in [-0.4, -0.2) is 31.0 Å². The van der Waals surface area contributed by atoms with Crippen LogP contribution in [0.3, 0.4) is 0 Å². The molecule has 23 heavy (non-hydrogen) atoms. The quantitative estimate of drug-likeness (QED) is 0.800. The molecular formula is C19H24N2O2. The van der Waals surface area contributed by atoms with Gasteiger partial charge in [-0.2, -0.15) is 0 Å². The average Bonchev–Trinajstić information content (AvgIpc) is 2.55. The number of benzene rings is 2. The number of carbonyl (C=O) groups is 1. The summed E-state index contributed by atoms with van der Waals surface area (Å²) >= 11 is 0. The highest BCUT2D eigenvalue weighted by Gasteiger charge is 2.09. The maximum Gasteiger partial charge on any atom is 0.222 e. The summed E-state index contributed by atoms with van der Waals surface area (Å²) in [6.07, 6.45) is 1.11. The number of nitrogens with zero attached hydrogens (tertiary/aromatic N) is 1. The highest BCUT2D eigenvalue weighted by Crippen LogP contribution is 2.13. The second-order valence-electron chi connectivity index (χ2n) is 5.68. The monoisotopic (exact) mass is 312 g/mol. The Labute approximate surface area is 137 Å². The number of anilines is 1. The minimum absolute atomic E-state index is 0.0979. The Balaban J connectivity index is 1.72. The fourth-order valence-corrected chi connectivity index (χ4v) is 2.25. The first kappa shape index (κ1) is 16.9. The zero-order valence-electron chi connectivity index (χ0n) is 13.8. The minimum atomic E-state index is 0.0979. The van der Waals surface area contributed by atoms with Gasteiger partial charge in [-0.05, 0) is 37.1 Å². The smallest absolute Gasteiger partial charge is 0.222 e. The van der Waals surface area contributed by atoms with Gasteiger partial charge in [0.2, 0.25) is 5.91 Å². The lowest BCUT2D eigenvalue weighted by Gasteiger charge is -2.18. The molecule has 0 saturated carbocycles. The normalized spacial score (nSPS) is 10.3. The Morgan fingerprint density at radius 3 is 2.52 bits per heavy atom. The van der Waals surface area contributed by atoms with Crippen LogP contribution < -0.4 is 10.5 Å². The summed E-state index contributed by atoms with van der Waals surface area (Å²) in [5.41, 5.74) is 8.85. The van der Waals surface area contributed by atoms with Crippen molar-refractivity contribution < 1.29 is 9.53 Å². The predicted octanol–water partition coefficient (Wildman–Crippen LogP) is 3.05. The van der Waals surface area contributed by atoms with E-state index in [1.54, 1.807) is 11.9 Å². The van der Waals surface area contributed by atoms with E-state index in [1.165, 1.54) is 5.56 Å². The van der Waals surface area contributed by atoms with Gasteiger partial charge in [0.25, 0.3) is 0 Å². The van der Waals surface area contributed by atoms with Gasteiger partial charge in [0.1, 0.15) is 12.4 Å². The van der Waals surface area contributed by atoms with Crippen LogP contribution in [0, 0.1) is 6.92 Å². The number of aryl methyl sites for hydroxylation is 2. The number of para-hydroxylation sites is 1. The zero-order valence-corrected chi connectivity index (χ0v) is 13.8. The molecule has 122 valence electrons. The molecule has 0 unspecified atom stereocenters. The number of nitrogen functional groups attached to an aromatic ring is 1. The van der Waals surface area contributed by atoms with Gasteiger partial charge in [-0.1, -0.05) is 35.9 Å². The first-order chi connectivity index (χ1) is 11.1. The van der Waals surface area contributed by atoms with Gasteiger partial charge in [-0.15, -0.1) is 0 Å². The van der Waals surface area contributed by atoms with E-state index < -0.39 is 0 Å². The molecule has 0 aromatic heterocycles. The molecule has 0 spiro atoms. The highest BCUT2D eigenvalue weighted by molar-refractivity contribution is 5.76. The topological polar surface area (TPSA) is 55.6 Å². The van der Waals surface area contributed by atoms with Gasteiger partial charge < -0.3 is 15.4 Å². The van der Waals surface area contributed by atoms with Crippen molar-refractivity contribution in [3.8, 4) is 5.75 Å². The van der Waals surface area contributed by atoms with Crippen LogP contribution in [0.2, 0.25) is 0 Å². The number of carbonyl (C=O) groups excluding carboxylic acids is 1. The van der Waals surface area contributed by atoms with E-state index in [4.69, 9.17) is 10.5 Å². The Hall–Kier alpha value is -2.49. The third-order valence-electron chi connectivity index (χ3n) is 3.81. The summed E-state index contributed by atoms with van der Waals surface area (Å²) in [4.78, 5) is 13.8. The molecule has 2 N–H and O–H groups in total. The van der Waals surface area contributed by atoms with Crippen molar-refractivity contribution in [2.75, 3.05) is 25.9 Å². The summed E-state index contributed by atoms with van der Waals surface area (Å²) in [5, 5.41) is 0. The van der Waals surface area contributed by atoms with Gasteiger partial charge in [-0.3, -0.25) is 4.79 Å². The van der Waals surface area contributed by atoms with E-state index in [-0.39, 0.29) is 5.91 Å². The van der Waals surface area contributed by atoms with E-state index in [2.05, 4.69) is 0 Å². The molecule has 0 aliphatic rings. The summed E-state index contributed by atoms with van der Waals surface area (Å²) in [6.45, 7) is 3.09. The van der Waals surface area contributed by atoms with Gasteiger partial charge in [0, 0.05) is 19.2 Å². The Bertz CT molecular complexity index is 638. The lowest BCUT2D eigenvalue weighted by atomic mass is 10.1. The number of hydrogen-bond donors (Lipinski definition) is 1. The van der Waals surface area contributed by atoms with Crippen molar-refractivity contribution in [2.45, 2.75) is 19.8 Å². The highest BCUT2D eigenvalue weighted by atomic mass is 16.5. The third-order valence-corrected chi connectivity index (χ3v) is 3.81. The van der Waals surface area contributed by atoms with Crippen LogP contribution in [0.5, 0.6) is 5.75 Å². The van der Waals surface area contributed by atoms with Crippen molar-refractivity contribution in [1.82, 2.24) is 4.90 Å². The van der Waals surface area contributed by atoms with Crippen LogP contribution in [0.15, 0.2) is 48.5 Å². The largest absolute Gasteiger partial charge is 0.492 e. The Kier molecular flexibility index (Phi) is 6.03. The fourth-order valence-electron chi connectivity index (χ4n) is 2.25. The maximum absolute atomic E-state index is 12.1. The average molecular weight is 312 g/mol. The van der Waals surface area contributed by atoms with Crippen molar-refractivity contribution in [1.29, 1.82) is 0 Å². The summed E-state index contributed by atoms with van der Waals surface area (Å²) in [6, 6.07) is 15.6. The van der Waals surface area contributed by atoms with E-state index in [1.807, 2.05) is 55.5 Å². The number of hydrogen-bond acceptors (Lipinski definition) is 3. The zero-order chi connectivity index (χ0) is 16.7. The number of likely N-dealkylation sites (N-methyl/N-ethyl adjacent to an activating group) is 1. The first-order valence-corrected chi connectivity index (χ1v) is 7.83. The maximum atomic E-state index is 12.1. The summed E-state index contributed by atoms with van der Waals surface area (Å²) in [5.74, 6) is 0.925. The van der Waals surface area contributed by atoms with Gasteiger partial charge in [0.15, 0.2) is 0 Å². The molecule has 2 aromatic rings. The van der Waals surface area contributed by atoms with Crippen LogP contribution in [0.4, 0.5) is 5.69 Å². The fraction of sp³-hybridized carbons (Fsp3) is 0.316. The van der Waals surface area contributed by atoms with Crippen LogP contribution in [0.25, 0.3) is 0 Å². The van der Waals surface area contributed by atoms with Gasteiger partial charge >= 0.3 is 0 Å². The minimum Gasteiger partial charge on any atom is -0.492 e. The molecule has 0 heterocycles. The van der Waals surface area contributed by atoms with Crippen molar-refractivity contribution in [3.63, 3.8) is 0 Å². The molecule has 4 nitrogen and oxygen atoms in total. The molecule has 0 bridgehead atoms. The molecule has 4 heteroatoms. The van der Waals surface area contributed by atoms with Gasteiger partial charge in [-0.25, -0.2) is 0 Å². The lowest BCUT2D eigenvalue weighted by Crippen LogP contribution is -2.31. The predicted molar refractivity (Wildman–Crippen MR) is 93.5 cm³/mol. The molecule has 2 rings (SSSR count). The number of ether oxygens (including phenoxy) is 1. The van der Waals surface area contributed by atoms with Crippen LogP contribution >= 0.6 is 0 Å². The van der Waals surface area contributed by atoms with Crippen molar-refractivity contribution in [3.05, 3.63) is 59.7 Å². The van der Waals surface area contributed by atoms with Crippen molar-refractivity contribution in [2.24, 2.45) is 0 Å². The molecule has 2 aromatic carbocycles. The molecule has 0 aliphatic heterocycles. The second-order valence-corrected chi connectivity index (χ2v) is 5.68. The molecule has 0 radical (unpaired) electrons. The van der Waals surface area contributed by atoms with Crippen LogP contribution in [-0.2, 0) is 11.2 Å². The third kappa shape index (κ3) is 5.33. The Morgan fingerprint density at radius 1 is 1.13 bits per heavy atom. The van der Waals surface area contributed by atoms with Gasteiger partial charge in [0.05, 0.1) is 6.54 Å². The molecule has 0 aliphatic carbocycles. The SMILES string of the molecule is Cc1ccc(OCCN(C)C(=O)CCc2ccccc2N)cc1. The van der Waals surface area contributed by atoms with E-state index in [0.717, 1.165) is 17.0 Å². The molecule has 0 saturated heterocycles. The molecular weight excluding hydrogens is 288 g/mol. The van der Waals surface area contributed by atoms with E-state index in [0.29, 0.717) is 26.0 Å². The molecule has 0 atom stereocenters. The summed E-state index contributed by atoms with van der Waals surface area (Å²) < 4.78 is 5.65. The number of nitrogens with two attached hydrogens (primary N) is 1. The number of rotatable bonds is 7. The lowest BCUT2D eigenvalue weighted by molar-refractivity contribution is -0.130. The molecule has 1 amide bonds. The summed E-state index contributed by atoms with van der Waals surface area (Å²) in [7, 11) is 1.80. The van der Waals surface area contributed by atoms with E-state index >= 15 is 0 Å².